The molecular formula is C24H24N8O3. The average Bonchev–Trinajstić information content (AvgIpc) is 3.49. The van der Waals surface area contributed by atoms with Crippen LogP contribution in [-0.4, -0.2) is 48.6 Å². The number of fused-ring (bicyclic) bond motifs is 1. The van der Waals surface area contributed by atoms with Crippen molar-refractivity contribution in [2.24, 2.45) is 0 Å². The zero-order valence-electron chi connectivity index (χ0n) is 19.5. The standard InChI is InChI=1S/C24H24N8O3/c1-15-27-22(13-23(28-15)35-14-18-6-4-5-17-9-10-26-31(17)18)32-21(29-24(25)30-32)12-16-7-8-19(33-2)20(11-16)34-3/h4-11,13H,12,14H2,1-3H3,(H2,25,30). The van der Waals surface area contributed by atoms with Crippen LogP contribution < -0.4 is 19.9 Å². The maximum atomic E-state index is 6.00. The Morgan fingerprint density at radius 3 is 2.63 bits per heavy atom. The van der Waals surface area contributed by atoms with E-state index >= 15 is 0 Å². The fourth-order valence-electron chi connectivity index (χ4n) is 3.81. The lowest BCUT2D eigenvalue weighted by atomic mass is 10.1. The minimum Gasteiger partial charge on any atom is -0.493 e. The van der Waals surface area contributed by atoms with Gasteiger partial charge in [-0.05, 0) is 42.8 Å². The number of pyridine rings is 1. The summed E-state index contributed by atoms with van der Waals surface area (Å²) in [5.74, 6) is 3.47. The summed E-state index contributed by atoms with van der Waals surface area (Å²) in [5, 5.41) is 8.70. The van der Waals surface area contributed by atoms with E-state index in [4.69, 9.17) is 19.9 Å². The third kappa shape index (κ3) is 4.56. The zero-order valence-corrected chi connectivity index (χ0v) is 19.5. The molecule has 1 aromatic carbocycles. The highest BCUT2D eigenvalue weighted by Gasteiger charge is 2.16. The van der Waals surface area contributed by atoms with Crippen LogP contribution in [0.15, 0.2) is 54.7 Å². The van der Waals surface area contributed by atoms with Gasteiger partial charge in [0.1, 0.15) is 18.3 Å². The maximum absolute atomic E-state index is 6.00. The lowest BCUT2D eigenvalue weighted by Gasteiger charge is -2.11. The number of methoxy groups -OCH3 is 2. The number of hydrogen-bond donors (Lipinski definition) is 1. The molecule has 0 spiro atoms. The Balaban J connectivity index is 1.42. The van der Waals surface area contributed by atoms with Gasteiger partial charge in [-0.15, -0.1) is 5.10 Å². The third-order valence-corrected chi connectivity index (χ3v) is 5.39. The largest absolute Gasteiger partial charge is 0.493 e. The smallest absolute Gasteiger partial charge is 0.240 e. The van der Waals surface area contributed by atoms with Crippen molar-refractivity contribution in [2.75, 3.05) is 20.0 Å². The summed E-state index contributed by atoms with van der Waals surface area (Å²) in [4.78, 5) is 13.4. The van der Waals surface area contributed by atoms with Crippen LogP contribution in [0.5, 0.6) is 17.4 Å². The Morgan fingerprint density at radius 1 is 0.943 bits per heavy atom. The van der Waals surface area contributed by atoms with E-state index in [0.29, 0.717) is 41.3 Å². The molecule has 0 radical (unpaired) electrons. The summed E-state index contributed by atoms with van der Waals surface area (Å²) in [6.45, 7) is 2.08. The second kappa shape index (κ2) is 9.29. The summed E-state index contributed by atoms with van der Waals surface area (Å²) < 4.78 is 20.2. The number of nitrogens with two attached hydrogens (primary N) is 1. The highest BCUT2D eigenvalue weighted by Crippen LogP contribution is 2.28. The number of anilines is 1. The van der Waals surface area contributed by atoms with Crippen molar-refractivity contribution >= 4 is 11.5 Å². The van der Waals surface area contributed by atoms with Gasteiger partial charge in [0.05, 0.1) is 25.4 Å². The molecule has 11 nitrogen and oxygen atoms in total. The fourth-order valence-corrected chi connectivity index (χ4v) is 3.81. The van der Waals surface area contributed by atoms with E-state index in [9.17, 15) is 0 Å². The third-order valence-electron chi connectivity index (χ3n) is 5.39. The number of aryl methyl sites for hydroxylation is 1. The molecule has 11 heteroatoms. The number of aromatic nitrogens is 7. The van der Waals surface area contributed by atoms with Crippen LogP contribution in [0, 0.1) is 6.92 Å². The molecule has 0 fully saturated rings. The fraction of sp³-hybridized carbons (Fsp3) is 0.208. The van der Waals surface area contributed by atoms with Crippen molar-refractivity contribution in [2.45, 2.75) is 20.0 Å². The Labute approximate surface area is 201 Å². The Bertz CT molecular complexity index is 1490. The van der Waals surface area contributed by atoms with Crippen molar-refractivity contribution in [1.82, 2.24) is 34.3 Å². The van der Waals surface area contributed by atoms with Crippen LogP contribution in [0.4, 0.5) is 5.95 Å². The summed E-state index contributed by atoms with van der Waals surface area (Å²) >= 11 is 0. The van der Waals surface area contributed by atoms with Gasteiger partial charge in [0.15, 0.2) is 17.3 Å². The molecule has 5 aromatic rings. The minimum absolute atomic E-state index is 0.143. The highest BCUT2D eigenvalue weighted by molar-refractivity contribution is 5.46. The number of hydrogen-bond acceptors (Lipinski definition) is 9. The first-order valence-electron chi connectivity index (χ1n) is 10.9. The van der Waals surface area contributed by atoms with Crippen LogP contribution in [0.1, 0.15) is 22.9 Å². The lowest BCUT2D eigenvalue weighted by molar-refractivity contribution is 0.285. The van der Waals surface area contributed by atoms with Crippen LogP contribution in [-0.2, 0) is 13.0 Å². The molecule has 0 aliphatic rings. The van der Waals surface area contributed by atoms with E-state index in [1.807, 2.05) is 47.0 Å². The van der Waals surface area contributed by atoms with Gasteiger partial charge in [0.2, 0.25) is 11.8 Å². The molecule has 5 rings (SSSR count). The first-order chi connectivity index (χ1) is 17.0. The summed E-state index contributed by atoms with van der Waals surface area (Å²) in [6, 6.07) is 15.2. The van der Waals surface area contributed by atoms with Gasteiger partial charge in [0.25, 0.3) is 0 Å². The van der Waals surface area contributed by atoms with E-state index in [0.717, 1.165) is 16.8 Å². The minimum atomic E-state index is 0.143. The quantitative estimate of drug-likeness (QED) is 0.362. The Morgan fingerprint density at radius 2 is 1.80 bits per heavy atom. The van der Waals surface area contributed by atoms with Crippen molar-refractivity contribution in [3.05, 3.63) is 77.6 Å². The molecule has 0 amide bonds. The van der Waals surface area contributed by atoms with Crippen LogP contribution in [0.3, 0.4) is 0 Å². The molecule has 4 aromatic heterocycles. The van der Waals surface area contributed by atoms with Crippen molar-refractivity contribution in [1.29, 1.82) is 0 Å². The van der Waals surface area contributed by atoms with Gasteiger partial charge in [-0.1, -0.05) is 12.1 Å². The Kier molecular flexibility index (Phi) is 5.88. The maximum Gasteiger partial charge on any atom is 0.240 e. The Hall–Kier alpha value is -4.67. The van der Waals surface area contributed by atoms with Crippen molar-refractivity contribution < 1.29 is 14.2 Å². The lowest BCUT2D eigenvalue weighted by Crippen LogP contribution is -2.10. The molecule has 0 aliphatic carbocycles. The molecule has 4 heterocycles. The molecule has 0 bridgehead atoms. The summed E-state index contributed by atoms with van der Waals surface area (Å²) in [5.41, 5.74) is 8.79. The van der Waals surface area contributed by atoms with Crippen LogP contribution in [0.25, 0.3) is 11.3 Å². The SMILES string of the molecule is COc1ccc(Cc2nc(N)nn2-c2cc(OCc3cccc4ccnn34)nc(C)n2)cc1OC. The average molecular weight is 473 g/mol. The number of rotatable bonds is 8. The number of nitrogens with zero attached hydrogens (tertiary/aromatic N) is 7. The molecule has 0 saturated heterocycles. The van der Waals surface area contributed by atoms with E-state index in [2.05, 4.69) is 25.1 Å². The van der Waals surface area contributed by atoms with Gasteiger partial charge in [-0.3, -0.25) is 0 Å². The molecule has 35 heavy (non-hydrogen) atoms. The van der Waals surface area contributed by atoms with Crippen molar-refractivity contribution in [3.63, 3.8) is 0 Å². The van der Waals surface area contributed by atoms with Crippen molar-refractivity contribution in [3.8, 4) is 23.2 Å². The molecular weight excluding hydrogens is 448 g/mol. The normalized spacial score (nSPS) is 11.1. The van der Waals surface area contributed by atoms with Gasteiger partial charge in [-0.2, -0.15) is 19.7 Å². The number of ether oxygens (including phenoxy) is 3. The molecule has 0 unspecified atom stereocenters. The zero-order chi connectivity index (χ0) is 24.4. The van der Waals surface area contributed by atoms with Gasteiger partial charge < -0.3 is 19.9 Å². The molecule has 0 saturated carbocycles. The van der Waals surface area contributed by atoms with Gasteiger partial charge >= 0.3 is 0 Å². The van der Waals surface area contributed by atoms with Gasteiger partial charge in [-0.25, -0.2) is 9.50 Å². The summed E-state index contributed by atoms with van der Waals surface area (Å²) in [6.07, 6.45) is 2.20. The van der Waals surface area contributed by atoms with E-state index in [1.165, 1.54) is 0 Å². The molecule has 0 atom stereocenters. The van der Waals surface area contributed by atoms with Gasteiger partial charge in [0, 0.05) is 18.7 Å². The van der Waals surface area contributed by atoms with E-state index in [1.54, 1.807) is 38.1 Å². The number of nitrogen functional groups attached to an aromatic ring is 1. The highest BCUT2D eigenvalue weighted by atomic mass is 16.5. The number of benzene rings is 1. The monoisotopic (exact) mass is 472 g/mol. The predicted molar refractivity (Wildman–Crippen MR) is 128 cm³/mol. The van der Waals surface area contributed by atoms with Crippen LogP contribution in [0.2, 0.25) is 0 Å². The van der Waals surface area contributed by atoms with E-state index in [-0.39, 0.29) is 12.6 Å². The molecule has 0 aliphatic heterocycles. The summed E-state index contributed by atoms with van der Waals surface area (Å²) in [7, 11) is 3.20. The second-order valence-corrected chi connectivity index (χ2v) is 7.75. The van der Waals surface area contributed by atoms with Crippen LogP contribution >= 0.6 is 0 Å². The second-order valence-electron chi connectivity index (χ2n) is 7.75. The first kappa shape index (κ1) is 22.1. The van der Waals surface area contributed by atoms with E-state index < -0.39 is 0 Å². The molecule has 178 valence electrons. The topological polar surface area (TPSA) is 128 Å². The molecule has 2 N–H and O–H groups in total. The first-order valence-corrected chi connectivity index (χ1v) is 10.9. The predicted octanol–water partition coefficient (Wildman–Crippen LogP) is 2.78.